The Labute approximate surface area is 352 Å². The van der Waals surface area contributed by atoms with Gasteiger partial charge < -0.3 is 64.3 Å². The van der Waals surface area contributed by atoms with Crippen molar-refractivity contribution in [3.8, 4) is 5.75 Å². The van der Waals surface area contributed by atoms with Crippen LogP contribution in [-0.4, -0.2) is 112 Å². The molecule has 0 aliphatic heterocycles. The summed E-state index contributed by atoms with van der Waals surface area (Å²) >= 11 is 0. The molecule has 0 fully saturated rings. The number of para-hydroxylation sites is 1. The average molecular weight is 851 g/mol. The number of carbonyl (C=O) groups is 8. The van der Waals surface area contributed by atoms with Crippen LogP contribution < -0.4 is 49.1 Å². The number of benzene rings is 2. The van der Waals surface area contributed by atoms with Gasteiger partial charge in [-0.3, -0.25) is 33.6 Å². The van der Waals surface area contributed by atoms with Crippen molar-refractivity contribution in [3.05, 3.63) is 65.9 Å². The average Bonchev–Trinajstić information content (AvgIpc) is 3.63. The molecule has 20 nitrogen and oxygen atoms in total. The molecule has 332 valence electrons. The molecule has 1 heterocycles. The molecule has 3 aromatic rings. The highest BCUT2D eigenvalue weighted by molar-refractivity contribution is 5.96. The first-order chi connectivity index (χ1) is 29.1. The maximum atomic E-state index is 14.2. The number of fused-ring (bicyclic) bond motifs is 1. The summed E-state index contributed by atoms with van der Waals surface area (Å²) in [4.78, 5) is 106. The molecule has 0 saturated heterocycles. The Balaban J connectivity index is 1.84. The molecule has 0 aliphatic rings. The molecular formula is C41H58N10O10. The third-order valence-electron chi connectivity index (χ3n) is 9.70. The Bertz CT molecular complexity index is 1970. The van der Waals surface area contributed by atoms with Crippen LogP contribution in [0.3, 0.4) is 0 Å². The van der Waals surface area contributed by atoms with Gasteiger partial charge in [0.2, 0.25) is 41.4 Å². The summed E-state index contributed by atoms with van der Waals surface area (Å²) in [5.41, 5.74) is 18.6. The number of primary amides is 1. The Morgan fingerprint density at radius 3 is 1.77 bits per heavy atom. The highest BCUT2D eigenvalue weighted by atomic mass is 16.4. The summed E-state index contributed by atoms with van der Waals surface area (Å²) in [6.45, 7) is 1.23. The fourth-order valence-corrected chi connectivity index (χ4v) is 6.47. The lowest BCUT2D eigenvalue weighted by atomic mass is 10.0. The normalized spacial score (nSPS) is 13.4. The van der Waals surface area contributed by atoms with E-state index in [1.54, 1.807) is 24.4 Å². The van der Waals surface area contributed by atoms with Crippen molar-refractivity contribution in [1.82, 2.24) is 36.9 Å². The molecule has 15 N–H and O–H groups in total. The number of carboxylic acid groups (broad SMARTS) is 1. The molecule has 5 atom stereocenters. The number of hydrogen-bond donors (Lipinski definition) is 12. The zero-order valence-electron chi connectivity index (χ0n) is 34.2. The van der Waals surface area contributed by atoms with Crippen LogP contribution in [0, 0.1) is 0 Å². The van der Waals surface area contributed by atoms with Crippen LogP contribution in [0.1, 0.15) is 69.4 Å². The minimum absolute atomic E-state index is 0.0189. The number of carbonyl (C=O) groups excluding carboxylic acids is 7. The van der Waals surface area contributed by atoms with Crippen molar-refractivity contribution in [1.29, 1.82) is 0 Å². The van der Waals surface area contributed by atoms with E-state index >= 15 is 0 Å². The number of aromatic nitrogens is 1. The molecule has 20 heteroatoms. The van der Waals surface area contributed by atoms with E-state index in [9.17, 15) is 48.6 Å². The monoisotopic (exact) mass is 850 g/mol. The van der Waals surface area contributed by atoms with Gasteiger partial charge in [0.1, 0.15) is 36.0 Å². The first kappa shape index (κ1) is 48.8. The number of phenolic OH excluding ortho intramolecular Hbond substituents is 1. The number of aliphatic carboxylic acids is 1. The zero-order valence-corrected chi connectivity index (χ0v) is 34.2. The maximum Gasteiger partial charge on any atom is 0.326 e. The van der Waals surface area contributed by atoms with Crippen molar-refractivity contribution < 1.29 is 48.6 Å². The van der Waals surface area contributed by atoms with Crippen LogP contribution >= 0.6 is 0 Å². The SMILES string of the molecule is CC(=O)N[C@@H](Cc1ccc(O)cc1)C(=O)NCC(=O)N[C@@H](Cc1c[nH]c2ccccc12)C(=O)N[C@@H](CCCCN)C(=O)N[C@@H](CCCCN)C(=O)N[C@@H](CCC(N)=O)C(=O)O. The summed E-state index contributed by atoms with van der Waals surface area (Å²) < 4.78 is 0. The number of amides is 7. The first-order valence-electron chi connectivity index (χ1n) is 20.1. The van der Waals surface area contributed by atoms with Crippen molar-refractivity contribution in [2.45, 2.75) is 101 Å². The number of rotatable bonds is 27. The molecule has 61 heavy (non-hydrogen) atoms. The number of nitrogens with one attached hydrogen (secondary N) is 7. The standard InChI is InChI=1S/C41H58N10O10/c1-24(52)47-33(20-25-12-14-27(53)15-13-25)37(56)46-23-36(55)48-34(21-26-22-45-29-9-3-2-8-28(26)29)40(59)50-30(10-4-6-18-42)38(57)49-31(11-5-7-19-43)39(58)51-32(41(60)61)16-17-35(44)54/h2-3,8-9,12-15,22,30-34,45,53H,4-7,10-11,16-21,23,42-43H2,1H3,(H2,44,54)(H,46,56)(H,47,52)(H,48,55)(H,49,57)(H,50,59)(H,51,58)(H,60,61)/t30-,31-,32-,33-,34-/m0/s1. The first-order valence-corrected chi connectivity index (χ1v) is 20.1. The number of aromatic amines is 1. The second kappa shape index (κ2) is 25.2. The number of unbranched alkanes of at least 4 members (excludes halogenated alkanes) is 2. The van der Waals surface area contributed by atoms with E-state index in [1.807, 2.05) is 18.2 Å². The van der Waals surface area contributed by atoms with E-state index in [4.69, 9.17) is 17.2 Å². The number of phenols is 1. The molecule has 1 aromatic heterocycles. The lowest BCUT2D eigenvalue weighted by molar-refractivity contribution is -0.142. The minimum atomic E-state index is -1.47. The third-order valence-corrected chi connectivity index (χ3v) is 9.70. The number of H-pyrrole nitrogens is 1. The van der Waals surface area contributed by atoms with E-state index < -0.39 is 84.1 Å². The van der Waals surface area contributed by atoms with Gasteiger partial charge in [0.15, 0.2) is 0 Å². The Morgan fingerprint density at radius 2 is 1.21 bits per heavy atom. The van der Waals surface area contributed by atoms with Gasteiger partial charge >= 0.3 is 5.97 Å². The molecule has 0 bridgehead atoms. The summed E-state index contributed by atoms with van der Waals surface area (Å²) in [6.07, 6.45) is 3.01. The van der Waals surface area contributed by atoms with Crippen molar-refractivity contribution in [2.24, 2.45) is 17.2 Å². The van der Waals surface area contributed by atoms with E-state index in [0.717, 1.165) is 10.9 Å². The van der Waals surface area contributed by atoms with Crippen LogP contribution in [-0.2, 0) is 51.2 Å². The second-order valence-electron chi connectivity index (χ2n) is 14.6. The van der Waals surface area contributed by atoms with Gasteiger partial charge in [0, 0.05) is 43.3 Å². The number of carboxylic acids is 1. The van der Waals surface area contributed by atoms with Crippen LogP contribution in [0.5, 0.6) is 5.75 Å². The van der Waals surface area contributed by atoms with Gasteiger partial charge in [-0.1, -0.05) is 30.3 Å². The lowest BCUT2D eigenvalue weighted by Gasteiger charge is -2.26. The van der Waals surface area contributed by atoms with Gasteiger partial charge in [-0.05, 0) is 87.4 Å². The summed E-state index contributed by atoms with van der Waals surface area (Å²) in [7, 11) is 0. The molecule has 0 aliphatic carbocycles. The van der Waals surface area contributed by atoms with Gasteiger partial charge in [-0.2, -0.15) is 0 Å². The molecule has 0 saturated carbocycles. The summed E-state index contributed by atoms with van der Waals surface area (Å²) in [5, 5.41) is 35.5. The highest BCUT2D eigenvalue weighted by Crippen LogP contribution is 2.20. The smallest absolute Gasteiger partial charge is 0.326 e. The molecule has 3 rings (SSSR count). The van der Waals surface area contributed by atoms with Crippen molar-refractivity contribution in [3.63, 3.8) is 0 Å². The van der Waals surface area contributed by atoms with Crippen LogP contribution in [0.4, 0.5) is 0 Å². The second-order valence-corrected chi connectivity index (χ2v) is 14.6. The Morgan fingerprint density at radius 1 is 0.656 bits per heavy atom. The minimum Gasteiger partial charge on any atom is -0.508 e. The topological polar surface area (TPSA) is 343 Å². The van der Waals surface area contributed by atoms with Gasteiger partial charge in [0.25, 0.3) is 0 Å². The van der Waals surface area contributed by atoms with Gasteiger partial charge in [0.05, 0.1) is 6.54 Å². The predicted octanol–water partition coefficient (Wildman–Crippen LogP) is -1.17. The molecule has 2 aromatic carbocycles. The highest BCUT2D eigenvalue weighted by Gasteiger charge is 2.32. The maximum absolute atomic E-state index is 14.2. The third kappa shape index (κ3) is 16.9. The number of nitrogens with two attached hydrogens (primary N) is 3. The van der Waals surface area contributed by atoms with E-state index in [0.29, 0.717) is 43.4 Å². The van der Waals surface area contributed by atoms with Gasteiger partial charge in [-0.25, -0.2) is 4.79 Å². The quantitative estimate of drug-likeness (QED) is 0.0404. The molecular weight excluding hydrogens is 793 g/mol. The number of hydrogen-bond acceptors (Lipinski definition) is 11. The van der Waals surface area contributed by atoms with E-state index in [1.165, 1.54) is 19.1 Å². The van der Waals surface area contributed by atoms with Gasteiger partial charge in [-0.15, -0.1) is 0 Å². The molecule has 0 spiro atoms. The van der Waals surface area contributed by atoms with Crippen molar-refractivity contribution in [2.75, 3.05) is 19.6 Å². The molecule has 0 unspecified atom stereocenters. The van der Waals surface area contributed by atoms with E-state index in [2.05, 4.69) is 36.9 Å². The summed E-state index contributed by atoms with van der Waals surface area (Å²) in [5.74, 6) is -6.42. The van der Waals surface area contributed by atoms with E-state index in [-0.39, 0.29) is 50.8 Å². The van der Waals surface area contributed by atoms with Crippen LogP contribution in [0.2, 0.25) is 0 Å². The van der Waals surface area contributed by atoms with Crippen LogP contribution in [0.25, 0.3) is 10.9 Å². The van der Waals surface area contributed by atoms with Crippen LogP contribution in [0.15, 0.2) is 54.7 Å². The molecule has 7 amide bonds. The largest absolute Gasteiger partial charge is 0.508 e. The zero-order chi connectivity index (χ0) is 44.9. The Hall–Kier alpha value is -6.54. The number of aromatic hydroxyl groups is 1. The molecule has 0 radical (unpaired) electrons. The lowest BCUT2D eigenvalue weighted by Crippen LogP contribution is -2.58. The fraction of sp³-hybridized carbons (Fsp3) is 0.463. The Kier molecular flexibility index (Phi) is 20.1. The predicted molar refractivity (Wildman–Crippen MR) is 224 cm³/mol. The van der Waals surface area contributed by atoms with Crippen molar-refractivity contribution >= 4 is 58.2 Å². The summed E-state index contributed by atoms with van der Waals surface area (Å²) in [6, 6.07) is 7.01. The fourth-order valence-electron chi connectivity index (χ4n) is 6.47.